The van der Waals surface area contributed by atoms with Crippen molar-refractivity contribution in [3.8, 4) is 5.75 Å². The number of aryl methyl sites for hydroxylation is 1. The molecule has 1 atom stereocenters. The molecule has 3 amide bonds. The van der Waals surface area contributed by atoms with Gasteiger partial charge in [0.2, 0.25) is 11.8 Å². The van der Waals surface area contributed by atoms with E-state index in [1.807, 2.05) is 30.3 Å². The molecule has 0 fully saturated rings. The van der Waals surface area contributed by atoms with Gasteiger partial charge in [0, 0.05) is 25.9 Å². The molecule has 35 heavy (non-hydrogen) atoms. The van der Waals surface area contributed by atoms with Crippen LogP contribution in [0.1, 0.15) is 50.2 Å². The lowest BCUT2D eigenvalue weighted by Gasteiger charge is -2.19. The molecule has 2 aromatic carbocycles. The Hall–Kier alpha value is -3.55. The Morgan fingerprint density at radius 2 is 1.60 bits per heavy atom. The molecule has 0 bridgehead atoms. The highest BCUT2D eigenvalue weighted by atomic mass is 16.5. The van der Waals surface area contributed by atoms with Crippen LogP contribution in [0.3, 0.4) is 0 Å². The van der Waals surface area contributed by atoms with Gasteiger partial charge in [-0.1, -0.05) is 62.2 Å². The molecule has 2 aromatic rings. The van der Waals surface area contributed by atoms with Gasteiger partial charge >= 0.3 is 6.09 Å². The second kappa shape index (κ2) is 16.1. The summed E-state index contributed by atoms with van der Waals surface area (Å²) < 4.78 is 5.12. The van der Waals surface area contributed by atoms with E-state index in [9.17, 15) is 19.5 Å². The van der Waals surface area contributed by atoms with Crippen molar-refractivity contribution in [2.24, 2.45) is 0 Å². The van der Waals surface area contributed by atoms with Gasteiger partial charge in [0.05, 0.1) is 6.61 Å². The van der Waals surface area contributed by atoms with Crippen LogP contribution in [-0.2, 0) is 27.2 Å². The van der Waals surface area contributed by atoms with Gasteiger partial charge in [-0.25, -0.2) is 4.79 Å². The van der Waals surface area contributed by atoms with Gasteiger partial charge in [-0.15, -0.1) is 0 Å². The minimum absolute atomic E-state index is 0.0397. The molecule has 0 saturated carbocycles. The standard InChI is InChI=1S/C27H37N3O5/c1-2-3-7-18-28-26(33)24(15-12-21-8-5-4-6-9-21)30-25(32)16-19-29-27(34)35-20-17-22-10-13-23(31)14-11-22/h4-6,8-11,13-14,24,31H,2-3,7,12,15-20H2,1H3,(H,28,33)(H,29,34)(H,30,32)/t24-/m0/s1. The van der Waals surface area contributed by atoms with Crippen molar-refractivity contribution < 1.29 is 24.2 Å². The summed E-state index contributed by atoms with van der Waals surface area (Å²) in [5.41, 5.74) is 2.03. The van der Waals surface area contributed by atoms with Crippen LogP contribution < -0.4 is 16.0 Å². The fourth-order valence-corrected chi connectivity index (χ4v) is 3.45. The summed E-state index contributed by atoms with van der Waals surface area (Å²) in [4.78, 5) is 37.0. The number of aromatic hydroxyl groups is 1. The fraction of sp³-hybridized carbons (Fsp3) is 0.444. The lowest BCUT2D eigenvalue weighted by Crippen LogP contribution is -2.47. The van der Waals surface area contributed by atoms with Gasteiger partial charge in [-0.05, 0) is 42.5 Å². The number of amides is 3. The van der Waals surface area contributed by atoms with Gasteiger partial charge in [0.1, 0.15) is 11.8 Å². The second-order valence-corrected chi connectivity index (χ2v) is 8.37. The first-order chi connectivity index (χ1) is 17.0. The van der Waals surface area contributed by atoms with Crippen LogP contribution in [-0.4, -0.2) is 48.8 Å². The van der Waals surface area contributed by atoms with Crippen molar-refractivity contribution in [3.63, 3.8) is 0 Å². The molecule has 0 aromatic heterocycles. The van der Waals surface area contributed by atoms with E-state index in [4.69, 9.17) is 4.74 Å². The summed E-state index contributed by atoms with van der Waals surface area (Å²) in [6.07, 6.45) is 4.12. The van der Waals surface area contributed by atoms with E-state index in [2.05, 4.69) is 22.9 Å². The molecule has 8 heteroatoms. The molecular formula is C27H37N3O5. The molecular weight excluding hydrogens is 446 g/mol. The summed E-state index contributed by atoms with van der Waals surface area (Å²) in [5, 5.41) is 17.6. The number of nitrogens with one attached hydrogen (secondary N) is 3. The zero-order valence-corrected chi connectivity index (χ0v) is 20.4. The van der Waals surface area contributed by atoms with Crippen molar-refractivity contribution in [2.45, 2.75) is 57.9 Å². The molecule has 8 nitrogen and oxygen atoms in total. The number of phenols is 1. The van der Waals surface area contributed by atoms with Crippen LogP contribution in [0.4, 0.5) is 4.79 Å². The highest BCUT2D eigenvalue weighted by Gasteiger charge is 2.20. The number of benzene rings is 2. The summed E-state index contributed by atoms with van der Waals surface area (Å²) in [6, 6.07) is 15.9. The predicted octanol–water partition coefficient (Wildman–Crippen LogP) is 3.48. The minimum atomic E-state index is -0.637. The number of phenolic OH excluding ortho intramolecular Hbond substituents is 1. The van der Waals surface area contributed by atoms with Crippen LogP contribution in [0.2, 0.25) is 0 Å². The zero-order valence-electron chi connectivity index (χ0n) is 20.4. The Morgan fingerprint density at radius 3 is 2.31 bits per heavy atom. The van der Waals surface area contributed by atoms with E-state index in [1.54, 1.807) is 24.3 Å². The predicted molar refractivity (Wildman–Crippen MR) is 135 cm³/mol. The fourth-order valence-electron chi connectivity index (χ4n) is 3.45. The van der Waals surface area contributed by atoms with Crippen LogP contribution >= 0.6 is 0 Å². The average molecular weight is 484 g/mol. The van der Waals surface area contributed by atoms with Gasteiger partial charge in [0.25, 0.3) is 0 Å². The Balaban J connectivity index is 1.72. The quantitative estimate of drug-likeness (QED) is 0.290. The Labute approximate surface area is 207 Å². The third-order valence-electron chi connectivity index (χ3n) is 5.48. The number of carbonyl (C=O) groups is 3. The maximum Gasteiger partial charge on any atom is 0.407 e. The van der Waals surface area contributed by atoms with Gasteiger partial charge in [0.15, 0.2) is 0 Å². The number of rotatable bonds is 15. The van der Waals surface area contributed by atoms with Crippen molar-refractivity contribution in [1.29, 1.82) is 0 Å². The first kappa shape index (κ1) is 27.7. The topological polar surface area (TPSA) is 117 Å². The number of hydrogen-bond donors (Lipinski definition) is 4. The van der Waals surface area contributed by atoms with Crippen molar-refractivity contribution in [2.75, 3.05) is 19.7 Å². The largest absolute Gasteiger partial charge is 0.508 e. The van der Waals surface area contributed by atoms with Crippen LogP contribution in [0.25, 0.3) is 0 Å². The van der Waals surface area contributed by atoms with E-state index in [0.29, 0.717) is 25.8 Å². The van der Waals surface area contributed by atoms with Gasteiger partial charge in [-0.3, -0.25) is 9.59 Å². The number of hydrogen-bond acceptors (Lipinski definition) is 5. The van der Waals surface area contributed by atoms with Crippen molar-refractivity contribution in [3.05, 3.63) is 65.7 Å². The molecule has 0 spiro atoms. The molecule has 0 saturated heterocycles. The molecule has 0 heterocycles. The third kappa shape index (κ3) is 11.9. The molecule has 0 aliphatic rings. The summed E-state index contributed by atoms with van der Waals surface area (Å²) in [6.45, 7) is 2.97. The SMILES string of the molecule is CCCCCNC(=O)[C@H](CCc1ccccc1)NC(=O)CCNC(=O)OCCc1ccc(O)cc1. The zero-order chi connectivity index (χ0) is 25.3. The Kier molecular flexibility index (Phi) is 12.8. The maximum absolute atomic E-state index is 12.7. The number of unbranched alkanes of at least 4 members (excludes halogenated alkanes) is 2. The maximum atomic E-state index is 12.7. The summed E-state index contributed by atoms with van der Waals surface area (Å²) in [5.74, 6) is -0.315. The monoisotopic (exact) mass is 483 g/mol. The van der Waals surface area contributed by atoms with E-state index in [1.165, 1.54) is 0 Å². The van der Waals surface area contributed by atoms with E-state index < -0.39 is 12.1 Å². The van der Waals surface area contributed by atoms with E-state index in [-0.39, 0.29) is 37.1 Å². The van der Waals surface area contributed by atoms with Crippen molar-refractivity contribution in [1.82, 2.24) is 16.0 Å². The highest BCUT2D eigenvalue weighted by molar-refractivity contribution is 5.87. The molecule has 0 radical (unpaired) electrons. The van der Waals surface area contributed by atoms with Gasteiger partial charge < -0.3 is 25.8 Å². The summed E-state index contributed by atoms with van der Waals surface area (Å²) >= 11 is 0. The number of ether oxygens (including phenoxy) is 1. The van der Waals surface area contributed by atoms with Crippen molar-refractivity contribution >= 4 is 17.9 Å². The number of carbonyl (C=O) groups excluding carboxylic acids is 3. The summed E-state index contributed by atoms with van der Waals surface area (Å²) in [7, 11) is 0. The first-order valence-corrected chi connectivity index (χ1v) is 12.3. The third-order valence-corrected chi connectivity index (χ3v) is 5.48. The van der Waals surface area contributed by atoms with Crippen LogP contribution in [0.5, 0.6) is 5.75 Å². The highest BCUT2D eigenvalue weighted by Crippen LogP contribution is 2.10. The second-order valence-electron chi connectivity index (χ2n) is 8.37. The number of alkyl carbamates (subject to hydrolysis) is 1. The molecule has 4 N–H and O–H groups in total. The first-order valence-electron chi connectivity index (χ1n) is 12.3. The lowest BCUT2D eigenvalue weighted by molar-refractivity contribution is -0.129. The van der Waals surface area contributed by atoms with E-state index >= 15 is 0 Å². The van der Waals surface area contributed by atoms with Crippen LogP contribution in [0, 0.1) is 0 Å². The molecule has 0 unspecified atom stereocenters. The van der Waals surface area contributed by atoms with E-state index in [0.717, 1.165) is 30.4 Å². The van der Waals surface area contributed by atoms with Gasteiger partial charge in [-0.2, -0.15) is 0 Å². The normalized spacial score (nSPS) is 11.3. The smallest absolute Gasteiger partial charge is 0.407 e. The lowest BCUT2D eigenvalue weighted by atomic mass is 10.0. The molecule has 0 aliphatic carbocycles. The minimum Gasteiger partial charge on any atom is -0.508 e. The Morgan fingerprint density at radius 1 is 0.886 bits per heavy atom. The Bertz CT molecular complexity index is 903. The molecule has 2 rings (SSSR count). The molecule has 190 valence electrons. The molecule has 0 aliphatic heterocycles. The average Bonchev–Trinajstić information content (AvgIpc) is 2.86. The van der Waals surface area contributed by atoms with Crippen LogP contribution in [0.15, 0.2) is 54.6 Å².